The summed E-state index contributed by atoms with van der Waals surface area (Å²) in [5.41, 5.74) is 5.86. The van der Waals surface area contributed by atoms with Gasteiger partial charge in [0.2, 0.25) is 5.95 Å². The highest BCUT2D eigenvalue weighted by Gasteiger charge is 2.25. The summed E-state index contributed by atoms with van der Waals surface area (Å²) >= 11 is 3.32. The van der Waals surface area contributed by atoms with Crippen LogP contribution in [0.5, 0.6) is 0 Å². The fourth-order valence-electron chi connectivity index (χ4n) is 1.33. The second-order valence-electron chi connectivity index (χ2n) is 5.07. The van der Waals surface area contributed by atoms with Crippen molar-refractivity contribution in [1.82, 2.24) is 9.97 Å². The predicted molar refractivity (Wildman–Crippen MR) is 71.5 cm³/mol. The average Bonchev–Trinajstić information content (AvgIpc) is 2.12. The minimum Gasteiger partial charge on any atom is -0.383 e. The highest BCUT2D eigenvalue weighted by atomic mass is 79.9. The van der Waals surface area contributed by atoms with E-state index in [0.29, 0.717) is 22.4 Å². The third kappa shape index (κ3) is 3.07. The third-order valence-electron chi connectivity index (χ3n) is 2.85. The SMILES string of the molecule is CC(N(C)c1nc(N)cc(Br)n1)C(C)(C)C. The minimum atomic E-state index is 0.162. The third-order valence-corrected chi connectivity index (χ3v) is 3.26. The van der Waals surface area contributed by atoms with E-state index in [0.717, 1.165) is 0 Å². The van der Waals surface area contributed by atoms with Gasteiger partial charge in [-0.3, -0.25) is 0 Å². The Balaban J connectivity index is 3.00. The summed E-state index contributed by atoms with van der Waals surface area (Å²) in [6.07, 6.45) is 0. The molecule has 1 aromatic heterocycles. The Bertz CT molecular complexity index is 352. The highest BCUT2D eigenvalue weighted by Crippen LogP contribution is 2.26. The Morgan fingerprint density at radius 2 is 1.94 bits per heavy atom. The topological polar surface area (TPSA) is 55.0 Å². The normalized spacial score (nSPS) is 13.6. The van der Waals surface area contributed by atoms with Crippen LogP contribution in [0.3, 0.4) is 0 Å². The van der Waals surface area contributed by atoms with Gasteiger partial charge in [-0.05, 0) is 28.3 Å². The molecule has 5 heteroatoms. The van der Waals surface area contributed by atoms with Crippen molar-refractivity contribution >= 4 is 27.7 Å². The van der Waals surface area contributed by atoms with Crippen LogP contribution in [-0.4, -0.2) is 23.1 Å². The molecule has 0 aliphatic rings. The zero-order chi connectivity index (χ0) is 12.5. The van der Waals surface area contributed by atoms with E-state index in [4.69, 9.17) is 5.73 Å². The van der Waals surface area contributed by atoms with Crippen molar-refractivity contribution < 1.29 is 0 Å². The molecule has 0 spiro atoms. The Hall–Kier alpha value is -0.840. The van der Waals surface area contributed by atoms with Crippen molar-refractivity contribution in [3.8, 4) is 0 Å². The van der Waals surface area contributed by atoms with Gasteiger partial charge in [0.25, 0.3) is 0 Å². The number of hydrogen-bond donors (Lipinski definition) is 1. The standard InChI is InChI=1S/C11H19BrN4/c1-7(11(2,3)4)16(5)10-14-8(12)6-9(13)15-10/h6-7H,1-5H3,(H2,13,14,15). The van der Waals surface area contributed by atoms with Gasteiger partial charge in [-0.2, -0.15) is 4.98 Å². The largest absolute Gasteiger partial charge is 0.383 e. The summed E-state index contributed by atoms with van der Waals surface area (Å²) in [6.45, 7) is 8.72. The molecule has 2 N–H and O–H groups in total. The summed E-state index contributed by atoms with van der Waals surface area (Å²) in [5, 5.41) is 0. The van der Waals surface area contributed by atoms with E-state index in [1.54, 1.807) is 6.07 Å². The molecule has 0 amide bonds. The molecule has 1 heterocycles. The van der Waals surface area contributed by atoms with E-state index in [2.05, 4.69) is 53.6 Å². The summed E-state index contributed by atoms with van der Waals surface area (Å²) in [7, 11) is 1.98. The molecule has 4 nitrogen and oxygen atoms in total. The number of halogens is 1. The molecule has 0 fully saturated rings. The molecular formula is C11H19BrN4. The molecular weight excluding hydrogens is 268 g/mol. The molecule has 0 aromatic carbocycles. The van der Waals surface area contributed by atoms with Crippen molar-refractivity contribution in [2.24, 2.45) is 5.41 Å². The van der Waals surface area contributed by atoms with Crippen molar-refractivity contribution in [2.75, 3.05) is 17.7 Å². The lowest BCUT2D eigenvalue weighted by atomic mass is 9.87. The maximum Gasteiger partial charge on any atom is 0.228 e. The minimum absolute atomic E-state index is 0.162. The number of rotatable bonds is 2. The second-order valence-corrected chi connectivity index (χ2v) is 5.88. The number of nitrogens with two attached hydrogens (primary N) is 1. The summed E-state index contributed by atoms with van der Waals surface area (Å²) in [4.78, 5) is 10.6. The van der Waals surface area contributed by atoms with Crippen LogP contribution in [0.4, 0.5) is 11.8 Å². The van der Waals surface area contributed by atoms with E-state index >= 15 is 0 Å². The molecule has 0 bridgehead atoms. The van der Waals surface area contributed by atoms with Crippen LogP contribution in [0, 0.1) is 5.41 Å². The van der Waals surface area contributed by atoms with E-state index in [1.807, 2.05) is 11.9 Å². The first kappa shape index (κ1) is 13.2. The lowest BCUT2D eigenvalue weighted by molar-refractivity contribution is 0.327. The first-order valence-electron chi connectivity index (χ1n) is 5.24. The second kappa shape index (κ2) is 4.57. The van der Waals surface area contributed by atoms with Crippen LogP contribution in [0.15, 0.2) is 10.7 Å². The summed E-state index contributed by atoms with van der Waals surface area (Å²) in [5.74, 6) is 1.12. The van der Waals surface area contributed by atoms with Crippen LogP contribution in [0.1, 0.15) is 27.7 Å². The number of anilines is 2. The molecule has 1 atom stereocenters. The van der Waals surface area contributed by atoms with Gasteiger partial charge in [0.15, 0.2) is 0 Å². The van der Waals surface area contributed by atoms with Crippen LogP contribution >= 0.6 is 15.9 Å². The van der Waals surface area contributed by atoms with Crippen LogP contribution < -0.4 is 10.6 Å². The van der Waals surface area contributed by atoms with Gasteiger partial charge in [0.05, 0.1) is 0 Å². The molecule has 1 unspecified atom stereocenters. The highest BCUT2D eigenvalue weighted by molar-refractivity contribution is 9.10. The Kier molecular flexibility index (Phi) is 3.78. The molecule has 0 radical (unpaired) electrons. The Morgan fingerprint density at radius 1 is 1.38 bits per heavy atom. The average molecular weight is 287 g/mol. The molecule has 0 saturated heterocycles. The van der Waals surface area contributed by atoms with Crippen molar-refractivity contribution in [3.05, 3.63) is 10.7 Å². The van der Waals surface area contributed by atoms with Gasteiger partial charge in [-0.15, -0.1) is 0 Å². The van der Waals surface area contributed by atoms with Crippen molar-refractivity contribution in [3.63, 3.8) is 0 Å². The van der Waals surface area contributed by atoms with Gasteiger partial charge in [0.1, 0.15) is 10.4 Å². The van der Waals surface area contributed by atoms with Gasteiger partial charge in [0, 0.05) is 19.2 Å². The maximum atomic E-state index is 5.70. The zero-order valence-electron chi connectivity index (χ0n) is 10.5. The molecule has 0 saturated carbocycles. The monoisotopic (exact) mass is 286 g/mol. The predicted octanol–water partition coefficient (Wildman–Crippen LogP) is 2.69. The summed E-state index contributed by atoms with van der Waals surface area (Å²) < 4.78 is 0.711. The van der Waals surface area contributed by atoms with Gasteiger partial charge < -0.3 is 10.6 Å². The summed E-state index contributed by atoms with van der Waals surface area (Å²) in [6, 6.07) is 2.01. The van der Waals surface area contributed by atoms with Gasteiger partial charge in [-0.25, -0.2) is 4.98 Å². The molecule has 1 aromatic rings. The van der Waals surface area contributed by atoms with Crippen LogP contribution in [-0.2, 0) is 0 Å². The van der Waals surface area contributed by atoms with Crippen LogP contribution in [0.25, 0.3) is 0 Å². The zero-order valence-corrected chi connectivity index (χ0v) is 12.0. The van der Waals surface area contributed by atoms with Gasteiger partial charge in [-0.1, -0.05) is 20.8 Å². The van der Waals surface area contributed by atoms with Crippen molar-refractivity contribution in [2.45, 2.75) is 33.7 Å². The van der Waals surface area contributed by atoms with Crippen molar-refractivity contribution in [1.29, 1.82) is 0 Å². The lowest BCUT2D eigenvalue weighted by Crippen LogP contribution is -2.40. The number of nitrogen functional groups attached to an aromatic ring is 1. The van der Waals surface area contributed by atoms with E-state index in [9.17, 15) is 0 Å². The van der Waals surface area contributed by atoms with Gasteiger partial charge >= 0.3 is 0 Å². The first-order valence-corrected chi connectivity index (χ1v) is 6.04. The van der Waals surface area contributed by atoms with E-state index in [1.165, 1.54) is 0 Å². The fourth-order valence-corrected chi connectivity index (χ4v) is 1.73. The maximum absolute atomic E-state index is 5.70. The first-order chi connectivity index (χ1) is 7.21. The molecule has 1 rings (SSSR count). The molecule has 16 heavy (non-hydrogen) atoms. The molecule has 0 aliphatic carbocycles. The molecule has 0 aliphatic heterocycles. The number of aromatic nitrogens is 2. The number of hydrogen-bond acceptors (Lipinski definition) is 4. The fraction of sp³-hybridized carbons (Fsp3) is 0.636. The van der Waals surface area contributed by atoms with E-state index in [-0.39, 0.29) is 5.41 Å². The Morgan fingerprint density at radius 3 is 2.38 bits per heavy atom. The lowest BCUT2D eigenvalue weighted by Gasteiger charge is -2.35. The Labute approximate surface area is 105 Å². The van der Waals surface area contributed by atoms with Crippen LogP contribution in [0.2, 0.25) is 0 Å². The smallest absolute Gasteiger partial charge is 0.228 e. The quantitative estimate of drug-likeness (QED) is 0.850. The molecule has 90 valence electrons. The number of nitrogens with zero attached hydrogens (tertiary/aromatic N) is 3. The van der Waals surface area contributed by atoms with E-state index < -0.39 is 0 Å².